The number of hydrogen-bond acceptors (Lipinski definition) is 6. The lowest BCUT2D eigenvalue weighted by atomic mass is 9.87. The maximum atomic E-state index is 11.6. The summed E-state index contributed by atoms with van der Waals surface area (Å²) in [5.74, 6) is 0.790. The molecule has 6 N–H and O–H groups in total. The molecule has 6 nitrogen and oxygen atoms in total. The molecule has 0 fully saturated rings. The summed E-state index contributed by atoms with van der Waals surface area (Å²) in [6.45, 7) is 5.72. The molecule has 0 amide bonds. The van der Waals surface area contributed by atoms with E-state index in [0.29, 0.717) is 19.3 Å². The molecule has 6 heteroatoms. The van der Waals surface area contributed by atoms with Crippen LogP contribution in [0.1, 0.15) is 95.2 Å². The first-order valence-electron chi connectivity index (χ1n) is 15.8. The van der Waals surface area contributed by atoms with Crippen molar-refractivity contribution in [1.29, 1.82) is 0 Å². The van der Waals surface area contributed by atoms with Gasteiger partial charge in [0.15, 0.2) is 17.3 Å². The number of anilines is 3. The number of nitrogens with two attached hydrogens (primary N) is 3. The van der Waals surface area contributed by atoms with Gasteiger partial charge in [0.05, 0.1) is 0 Å². The van der Waals surface area contributed by atoms with Gasteiger partial charge in [-0.15, -0.1) is 0 Å². The van der Waals surface area contributed by atoms with Crippen LogP contribution in [0.4, 0.5) is 17.1 Å². The van der Waals surface area contributed by atoms with Gasteiger partial charge in [-0.05, 0) is 111 Å². The minimum atomic E-state index is 0.263. The molecule has 0 atom stereocenters. The van der Waals surface area contributed by atoms with Gasteiger partial charge >= 0.3 is 0 Å². The number of carbonyl (C=O) groups excluding carboxylic acids is 3. The highest BCUT2D eigenvalue weighted by atomic mass is 16.1. The minimum Gasteiger partial charge on any atom is -0.398 e. The lowest BCUT2D eigenvalue weighted by Crippen LogP contribution is -2.09. The van der Waals surface area contributed by atoms with E-state index < -0.39 is 0 Å². The second kappa shape index (κ2) is 15.3. The summed E-state index contributed by atoms with van der Waals surface area (Å²) in [7, 11) is 0. The van der Waals surface area contributed by atoms with Gasteiger partial charge in [-0.3, -0.25) is 14.4 Å². The summed E-state index contributed by atoms with van der Waals surface area (Å²) >= 11 is 0. The van der Waals surface area contributed by atoms with E-state index in [4.69, 9.17) is 17.2 Å². The van der Waals surface area contributed by atoms with E-state index in [2.05, 4.69) is 0 Å². The largest absolute Gasteiger partial charge is 0.398 e. The number of allylic oxidation sites excluding steroid dienone is 6. The Balaban J connectivity index is 0.000000154. The third kappa shape index (κ3) is 8.07. The van der Waals surface area contributed by atoms with Crippen LogP contribution in [-0.4, -0.2) is 17.3 Å². The molecule has 0 unspecified atom stereocenters. The molecule has 0 spiro atoms. The van der Waals surface area contributed by atoms with Crippen molar-refractivity contribution < 1.29 is 14.4 Å². The fourth-order valence-electron chi connectivity index (χ4n) is 6.23. The van der Waals surface area contributed by atoms with Gasteiger partial charge in [-0.1, -0.05) is 54.6 Å². The SMILES string of the molecule is CC1=C(c2ccccc2N)CCCC1=O.CC1=C(c2ccccc2N)CCCC1=O.CC1=C(c2ccccc2N)CCCC1=O. The van der Waals surface area contributed by atoms with E-state index in [9.17, 15) is 14.4 Å². The van der Waals surface area contributed by atoms with Crippen molar-refractivity contribution in [3.8, 4) is 0 Å². The van der Waals surface area contributed by atoms with Crippen molar-refractivity contribution in [1.82, 2.24) is 0 Å². The van der Waals surface area contributed by atoms with Crippen LogP contribution >= 0.6 is 0 Å². The number of hydrogen-bond donors (Lipinski definition) is 3. The average molecular weight is 604 g/mol. The normalized spacial score (nSPS) is 17.0. The van der Waals surface area contributed by atoms with Crippen LogP contribution in [0.2, 0.25) is 0 Å². The van der Waals surface area contributed by atoms with Crippen molar-refractivity contribution in [3.05, 3.63) is 106 Å². The molecule has 0 saturated carbocycles. The summed E-state index contributed by atoms with van der Waals surface area (Å²) in [5, 5.41) is 0. The monoisotopic (exact) mass is 603 g/mol. The van der Waals surface area contributed by atoms with Gasteiger partial charge in [-0.2, -0.15) is 0 Å². The van der Waals surface area contributed by atoms with Crippen molar-refractivity contribution in [3.63, 3.8) is 0 Å². The van der Waals surface area contributed by atoms with Crippen LogP contribution in [0.25, 0.3) is 16.7 Å². The number of carbonyl (C=O) groups is 3. The van der Waals surface area contributed by atoms with E-state index in [-0.39, 0.29) is 17.3 Å². The molecule has 3 aromatic carbocycles. The molecular formula is C39H45N3O3. The zero-order chi connectivity index (χ0) is 32.5. The maximum absolute atomic E-state index is 11.6. The van der Waals surface area contributed by atoms with E-state index in [1.54, 1.807) is 0 Å². The van der Waals surface area contributed by atoms with Crippen LogP contribution in [0.3, 0.4) is 0 Å². The Morgan fingerprint density at radius 1 is 0.400 bits per heavy atom. The van der Waals surface area contributed by atoms with Gasteiger partial charge in [0, 0.05) is 53.0 Å². The van der Waals surface area contributed by atoms with E-state index >= 15 is 0 Å². The number of rotatable bonds is 3. The third-order valence-electron chi connectivity index (χ3n) is 8.96. The van der Waals surface area contributed by atoms with Gasteiger partial charge < -0.3 is 17.2 Å². The first-order valence-corrected chi connectivity index (χ1v) is 15.8. The van der Waals surface area contributed by atoms with Crippen LogP contribution < -0.4 is 17.2 Å². The molecule has 0 aliphatic heterocycles. The van der Waals surface area contributed by atoms with Gasteiger partial charge in [-0.25, -0.2) is 0 Å². The second-order valence-corrected chi connectivity index (χ2v) is 11.9. The predicted octanol–water partition coefficient (Wildman–Crippen LogP) is 8.39. The predicted molar refractivity (Wildman–Crippen MR) is 187 cm³/mol. The number of nitrogen functional groups attached to an aromatic ring is 3. The highest BCUT2D eigenvalue weighted by molar-refractivity contribution is 6.05. The Morgan fingerprint density at radius 3 is 0.889 bits per heavy atom. The Bertz CT molecular complexity index is 1490. The molecule has 0 heterocycles. The van der Waals surface area contributed by atoms with Gasteiger partial charge in [0.1, 0.15) is 0 Å². The van der Waals surface area contributed by atoms with Crippen LogP contribution in [0, 0.1) is 0 Å². The van der Waals surface area contributed by atoms with Crippen LogP contribution in [0.15, 0.2) is 89.5 Å². The Kier molecular flexibility index (Phi) is 11.3. The molecule has 0 radical (unpaired) electrons. The zero-order valence-corrected chi connectivity index (χ0v) is 26.7. The van der Waals surface area contributed by atoms with Gasteiger partial charge in [0.25, 0.3) is 0 Å². The summed E-state index contributed by atoms with van der Waals surface area (Å²) in [6.07, 6.45) is 7.77. The quantitative estimate of drug-likeness (QED) is 0.258. The Hall–Kier alpha value is -4.71. The van der Waals surface area contributed by atoms with Crippen LogP contribution in [0.5, 0.6) is 0 Å². The highest BCUT2D eigenvalue weighted by Crippen LogP contribution is 2.35. The molecule has 0 aromatic heterocycles. The Labute approximate surface area is 267 Å². The van der Waals surface area contributed by atoms with E-state index in [0.717, 1.165) is 106 Å². The smallest absolute Gasteiger partial charge is 0.158 e. The maximum Gasteiger partial charge on any atom is 0.158 e. The van der Waals surface area contributed by atoms with E-state index in [1.165, 1.54) is 0 Å². The first kappa shape index (κ1) is 33.2. The molecule has 3 aliphatic rings. The fraction of sp³-hybridized carbons (Fsp3) is 0.308. The molecule has 45 heavy (non-hydrogen) atoms. The lowest BCUT2D eigenvalue weighted by Gasteiger charge is -2.18. The average Bonchev–Trinajstić information content (AvgIpc) is 3.03. The topological polar surface area (TPSA) is 129 Å². The molecule has 0 saturated heterocycles. The molecule has 234 valence electrons. The number of benzene rings is 3. The third-order valence-corrected chi connectivity index (χ3v) is 8.96. The van der Waals surface area contributed by atoms with Crippen molar-refractivity contribution in [2.24, 2.45) is 0 Å². The van der Waals surface area contributed by atoms with Crippen molar-refractivity contribution in [2.45, 2.75) is 78.6 Å². The van der Waals surface area contributed by atoms with Crippen molar-refractivity contribution in [2.75, 3.05) is 17.2 Å². The summed E-state index contributed by atoms with van der Waals surface area (Å²) in [6, 6.07) is 23.3. The zero-order valence-electron chi connectivity index (χ0n) is 26.7. The number of para-hydroxylation sites is 3. The molecular weight excluding hydrogens is 558 g/mol. The first-order chi connectivity index (χ1) is 21.6. The standard InChI is InChI=1S/3C13H15NO/c3*1-9-10(6-4-8-13(9)15)11-5-2-3-7-12(11)14/h3*2-3,5,7H,4,6,8,14H2,1H3. The lowest BCUT2D eigenvalue weighted by molar-refractivity contribution is -0.116. The summed E-state index contributed by atoms with van der Waals surface area (Å²) < 4.78 is 0. The highest BCUT2D eigenvalue weighted by Gasteiger charge is 2.21. The van der Waals surface area contributed by atoms with Crippen molar-refractivity contribution >= 4 is 51.1 Å². The van der Waals surface area contributed by atoms with E-state index in [1.807, 2.05) is 93.6 Å². The molecule has 3 aromatic rings. The molecule has 0 bridgehead atoms. The minimum absolute atomic E-state index is 0.263. The summed E-state index contributed by atoms with van der Waals surface area (Å²) in [4.78, 5) is 34.8. The number of Topliss-reactive ketones (excluding diaryl/α,β-unsaturated/α-hetero) is 3. The Morgan fingerprint density at radius 2 is 0.644 bits per heavy atom. The summed E-state index contributed by atoms with van der Waals surface area (Å²) in [5.41, 5.74) is 29.2. The number of ketones is 3. The van der Waals surface area contributed by atoms with Gasteiger partial charge in [0.2, 0.25) is 0 Å². The fourth-order valence-corrected chi connectivity index (χ4v) is 6.23. The molecule has 3 aliphatic carbocycles. The second-order valence-electron chi connectivity index (χ2n) is 11.9. The van der Waals surface area contributed by atoms with Crippen LogP contribution in [-0.2, 0) is 14.4 Å². The molecule has 6 rings (SSSR count).